The van der Waals surface area contributed by atoms with Gasteiger partial charge in [-0.05, 0) is 30.7 Å². The van der Waals surface area contributed by atoms with Crippen LogP contribution in [0.3, 0.4) is 0 Å². The average molecular weight is 254 g/mol. The molecule has 4 nitrogen and oxygen atoms in total. The van der Waals surface area contributed by atoms with Crippen LogP contribution < -0.4 is 5.32 Å². The van der Waals surface area contributed by atoms with E-state index in [1.807, 2.05) is 0 Å². The zero-order chi connectivity index (χ0) is 12.8. The number of amides is 1. The molecule has 1 rings (SSSR count). The Morgan fingerprint density at radius 1 is 1.35 bits per heavy atom. The quantitative estimate of drug-likeness (QED) is 0.806. The van der Waals surface area contributed by atoms with Gasteiger partial charge in [-0.1, -0.05) is 23.7 Å². The Balaban J connectivity index is 2.56. The van der Waals surface area contributed by atoms with Gasteiger partial charge in [0.1, 0.15) is 6.04 Å². The van der Waals surface area contributed by atoms with Crippen molar-refractivity contribution < 1.29 is 14.7 Å². The molecule has 1 aromatic carbocycles. The summed E-state index contributed by atoms with van der Waals surface area (Å²) in [5.41, 5.74) is 0.813. The summed E-state index contributed by atoms with van der Waals surface area (Å²) < 4.78 is 0. The lowest BCUT2D eigenvalue weighted by atomic mass is 10.2. The normalized spacial score (nSPS) is 12.4. The first-order chi connectivity index (χ1) is 7.99. The predicted molar refractivity (Wildman–Crippen MR) is 65.7 cm³/mol. The highest BCUT2D eigenvalue weighted by Gasteiger charge is 2.11. The van der Waals surface area contributed by atoms with E-state index in [9.17, 15) is 9.59 Å². The third-order valence-corrected chi connectivity index (χ3v) is 2.28. The fraction of sp³-hybridized carbons (Fsp3) is 0.167. The van der Waals surface area contributed by atoms with Crippen LogP contribution in [0.1, 0.15) is 12.5 Å². The van der Waals surface area contributed by atoms with E-state index in [2.05, 4.69) is 5.32 Å². The Hall–Kier alpha value is -1.81. The summed E-state index contributed by atoms with van der Waals surface area (Å²) in [6.45, 7) is 1.40. The largest absolute Gasteiger partial charge is 0.480 e. The van der Waals surface area contributed by atoms with Crippen molar-refractivity contribution in [3.05, 3.63) is 40.9 Å². The zero-order valence-electron chi connectivity index (χ0n) is 9.18. The summed E-state index contributed by atoms with van der Waals surface area (Å²) in [6, 6.07) is 6.02. The molecule has 0 saturated carbocycles. The van der Waals surface area contributed by atoms with Crippen LogP contribution in [0.25, 0.3) is 6.08 Å². The lowest BCUT2D eigenvalue weighted by Crippen LogP contribution is -2.37. The molecule has 0 aliphatic carbocycles. The SMILES string of the molecule is CC(NC(=O)/C=C/c1ccc(Cl)cc1)C(=O)O. The second-order valence-electron chi connectivity index (χ2n) is 3.45. The van der Waals surface area contributed by atoms with E-state index in [1.165, 1.54) is 13.0 Å². The van der Waals surface area contributed by atoms with Gasteiger partial charge in [0.15, 0.2) is 0 Å². The zero-order valence-corrected chi connectivity index (χ0v) is 9.94. The topological polar surface area (TPSA) is 66.4 Å². The van der Waals surface area contributed by atoms with Gasteiger partial charge < -0.3 is 10.4 Å². The van der Waals surface area contributed by atoms with Crippen LogP contribution in [0.15, 0.2) is 30.3 Å². The fourth-order valence-electron chi connectivity index (χ4n) is 1.07. The molecule has 0 bridgehead atoms. The van der Waals surface area contributed by atoms with E-state index in [1.54, 1.807) is 30.3 Å². The average Bonchev–Trinajstić information content (AvgIpc) is 2.28. The van der Waals surface area contributed by atoms with Crippen LogP contribution in [-0.2, 0) is 9.59 Å². The molecule has 1 aromatic rings. The van der Waals surface area contributed by atoms with Gasteiger partial charge >= 0.3 is 5.97 Å². The van der Waals surface area contributed by atoms with E-state index in [0.717, 1.165) is 5.56 Å². The van der Waals surface area contributed by atoms with Crippen LogP contribution in [0.4, 0.5) is 0 Å². The minimum atomic E-state index is -1.07. The maximum Gasteiger partial charge on any atom is 0.325 e. The first-order valence-electron chi connectivity index (χ1n) is 4.96. The number of hydrogen-bond donors (Lipinski definition) is 2. The lowest BCUT2D eigenvalue weighted by molar-refractivity contribution is -0.140. The van der Waals surface area contributed by atoms with Gasteiger partial charge in [0.05, 0.1) is 0 Å². The summed E-state index contributed by atoms with van der Waals surface area (Å²) in [4.78, 5) is 21.8. The van der Waals surface area contributed by atoms with Crippen LogP contribution in [0.5, 0.6) is 0 Å². The van der Waals surface area contributed by atoms with Crippen molar-refractivity contribution in [3.8, 4) is 0 Å². The lowest BCUT2D eigenvalue weighted by Gasteiger charge is -2.05. The van der Waals surface area contributed by atoms with Gasteiger partial charge in [0.2, 0.25) is 5.91 Å². The minimum Gasteiger partial charge on any atom is -0.480 e. The van der Waals surface area contributed by atoms with Crippen LogP contribution in [-0.4, -0.2) is 23.0 Å². The molecule has 0 spiro atoms. The Labute approximate surface area is 104 Å². The molecule has 1 amide bonds. The molecule has 0 aromatic heterocycles. The van der Waals surface area contributed by atoms with Gasteiger partial charge in [-0.3, -0.25) is 9.59 Å². The Morgan fingerprint density at radius 3 is 2.47 bits per heavy atom. The van der Waals surface area contributed by atoms with Crippen LogP contribution in [0.2, 0.25) is 5.02 Å². The highest BCUT2D eigenvalue weighted by molar-refractivity contribution is 6.30. The Kier molecular flexibility index (Phi) is 4.72. The molecule has 2 N–H and O–H groups in total. The van der Waals surface area contributed by atoms with Crippen molar-refractivity contribution in [3.63, 3.8) is 0 Å². The molecule has 0 aliphatic heterocycles. The van der Waals surface area contributed by atoms with Gasteiger partial charge in [0.25, 0.3) is 0 Å². The first-order valence-corrected chi connectivity index (χ1v) is 5.34. The molecule has 1 atom stereocenters. The number of aliphatic carboxylic acids is 1. The second kappa shape index (κ2) is 6.06. The van der Waals surface area contributed by atoms with Gasteiger partial charge in [-0.15, -0.1) is 0 Å². The molecule has 0 saturated heterocycles. The van der Waals surface area contributed by atoms with Crippen molar-refractivity contribution in [1.82, 2.24) is 5.32 Å². The number of nitrogens with one attached hydrogen (secondary N) is 1. The number of carboxylic acid groups (broad SMARTS) is 1. The fourth-order valence-corrected chi connectivity index (χ4v) is 1.20. The maximum absolute atomic E-state index is 11.3. The standard InChI is InChI=1S/C12H12ClNO3/c1-8(12(16)17)14-11(15)7-4-9-2-5-10(13)6-3-9/h2-8H,1H3,(H,14,15)(H,16,17)/b7-4+. The van der Waals surface area contributed by atoms with Gasteiger partial charge in [-0.2, -0.15) is 0 Å². The highest BCUT2D eigenvalue weighted by atomic mass is 35.5. The van der Waals surface area contributed by atoms with Gasteiger partial charge in [0, 0.05) is 11.1 Å². The molecule has 0 radical (unpaired) electrons. The Morgan fingerprint density at radius 2 is 1.94 bits per heavy atom. The van der Waals surface area contributed by atoms with Crippen LogP contribution >= 0.6 is 11.6 Å². The number of carbonyl (C=O) groups excluding carboxylic acids is 1. The number of carbonyl (C=O) groups is 2. The molecule has 0 heterocycles. The molecule has 0 fully saturated rings. The van der Waals surface area contributed by atoms with E-state index in [4.69, 9.17) is 16.7 Å². The minimum absolute atomic E-state index is 0.449. The smallest absolute Gasteiger partial charge is 0.325 e. The van der Waals surface area contributed by atoms with E-state index >= 15 is 0 Å². The third kappa shape index (κ3) is 4.70. The molecule has 5 heteroatoms. The van der Waals surface area contributed by atoms with E-state index in [0.29, 0.717) is 5.02 Å². The second-order valence-corrected chi connectivity index (χ2v) is 3.89. The molecule has 90 valence electrons. The summed E-state index contributed by atoms with van der Waals surface area (Å²) >= 11 is 5.71. The highest BCUT2D eigenvalue weighted by Crippen LogP contribution is 2.10. The monoisotopic (exact) mass is 253 g/mol. The predicted octanol–water partition coefficient (Wildman–Crippen LogP) is 1.94. The number of rotatable bonds is 4. The number of carboxylic acids is 1. The summed E-state index contributed by atoms with van der Waals surface area (Å²) in [6.07, 6.45) is 2.86. The van der Waals surface area contributed by atoms with Gasteiger partial charge in [-0.25, -0.2) is 0 Å². The Bertz CT molecular complexity index is 440. The van der Waals surface area contributed by atoms with Crippen LogP contribution in [0, 0.1) is 0 Å². The summed E-state index contributed by atoms with van der Waals surface area (Å²) in [5, 5.41) is 11.5. The van der Waals surface area contributed by atoms with Crippen molar-refractivity contribution in [2.24, 2.45) is 0 Å². The van der Waals surface area contributed by atoms with Crippen molar-refractivity contribution in [2.75, 3.05) is 0 Å². The number of benzene rings is 1. The summed E-state index contributed by atoms with van der Waals surface area (Å²) in [7, 11) is 0. The van der Waals surface area contributed by atoms with Crippen molar-refractivity contribution >= 4 is 29.6 Å². The van der Waals surface area contributed by atoms with E-state index < -0.39 is 17.9 Å². The molecular weight excluding hydrogens is 242 g/mol. The van der Waals surface area contributed by atoms with Crippen molar-refractivity contribution in [2.45, 2.75) is 13.0 Å². The molecule has 0 aliphatic rings. The maximum atomic E-state index is 11.3. The number of halogens is 1. The number of hydrogen-bond acceptors (Lipinski definition) is 2. The first kappa shape index (κ1) is 13.3. The van der Waals surface area contributed by atoms with Crippen molar-refractivity contribution in [1.29, 1.82) is 0 Å². The third-order valence-electron chi connectivity index (χ3n) is 2.03. The van der Waals surface area contributed by atoms with E-state index in [-0.39, 0.29) is 0 Å². The molecular formula is C12H12ClNO3. The summed E-state index contributed by atoms with van der Waals surface area (Å²) in [5.74, 6) is -1.52. The molecule has 17 heavy (non-hydrogen) atoms. The molecule has 1 unspecified atom stereocenters.